The zero-order valence-electron chi connectivity index (χ0n) is 11.5. The Bertz CT molecular complexity index is 640. The van der Waals surface area contributed by atoms with Gasteiger partial charge >= 0.3 is 5.97 Å². The van der Waals surface area contributed by atoms with Crippen LogP contribution in [-0.2, 0) is 22.7 Å². The van der Waals surface area contributed by atoms with Gasteiger partial charge in [0.1, 0.15) is 21.2 Å². The van der Waals surface area contributed by atoms with Crippen molar-refractivity contribution in [1.29, 1.82) is 0 Å². The number of sulfone groups is 1. The molecule has 0 saturated heterocycles. The number of carbonyl (C=O) groups is 1. The van der Waals surface area contributed by atoms with Gasteiger partial charge in [-0.05, 0) is 37.8 Å². The van der Waals surface area contributed by atoms with Crippen LogP contribution in [0.15, 0.2) is 6.07 Å². The zero-order valence-corrected chi connectivity index (χ0v) is 12.3. The van der Waals surface area contributed by atoms with Gasteiger partial charge in [-0.25, -0.2) is 18.2 Å². The minimum Gasteiger partial charge on any atom is -0.478 e. The Kier molecular flexibility index (Phi) is 3.99. The maximum atomic E-state index is 11.3. The second-order valence-corrected chi connectivity index (χ2v) is 7.47. The molecule has 110 valence electrons. The quantitative estimate of drug-likeness (QED) is 0.845. The molecule has 20 heavy (non-hydrogen) atoms. The molecule has 0 bridgehead atoms. The number of aromatic carboxylic acids is 1. The molecule has 1 aliphatic rings. The van der Waals surface area contributed by atoms with E-state index < -0.39 is 21.8 Å². The number of anilines is 1. The predicted molar refractivity (Wildman–Crippen MR) is 76.0 cm³/mol. The van der Waals surface area contributed by atoms with Gasteiger partial charge in [0.05, 0.1) is 5.75 Å². The van der Waals surface area contributed by atoms with Crippen molar-refractivity contribution in [1.82, 2.24) is 4.98 Å². The van der Waals surface area contributed by atoms with E-state index >= 15 is 0 Å². The maximum Gasteiger partial charge on any atom is 0.339 e. The molecule has 1 aliphatic carbocycles. The maximum absolute atomic E-state index is 11.3. The molecule has 7 heteroatoms. The first-order chi connectivity index (χ1) is 9.26. The van der Waals surface area contributed by atoms with Crippen LogP contribution in [0.25, 0.3) is 0 Å². The number of pyridine rings is 1. The van der Waals surface area contributed by atoms with E-state index in [4.69, 9.17) is 0 Å². The van der Waals surface area contributed by atoms with Crippen LogP contribution < -0.4 is 5.32 Å². The Balaban J connectivity index is 2.28. The van der Waals surface area contributed by atoms with Crippen LogP contribution in [0, 0.1) is 0 Å². The third-order valence-electron chi connectivity index (χ3n) is 3.22. The average molecular weight is 298 g/mol. The summed E-state index contributed by atoms with van der Waals surface area (Å²) in [7, 11) is -3.13. The molecule has 1 heterocycles. The first-order valence-corrected chi connectivity index (χ1v) is 8.52. The van der Waals surface area contributed by atoms with E-state index in [0.717, 1.165) is 36.8 Å². The van der Waals surface area contributed by atoms with Crippen molar-refractivity contribution in [3.63, 3.8) is 0 Å². The molecular formula is C13H18N2O4S. The summed E-state index contributed by atoms with van der Waals surface area (Å²) in [4.78, 5) is 15.6. The summed E-state index contributed by atoms with van der Waals surface area (Å²) in [5, 5.41) is 12.2. The molecule has 2 N–H and O–H groups in total. The van der Waals surface area contributed by atoms with Gasteiger partial charge in [0.25, 0.3) is 0 Å². The predicted octanol–water partition coefficient (Wildman–Crippen LogP) is 1.11. The lowest BCUT2D eigenvalue weighted by Crippen LogP contribution is -2.26. The van der Waals surface area contributed by atoms with Gasteiger partial charge in [0, 0.05) is 18.0 Å². The molecule has 0 fully saturated rings. The van der Waals surface area contributed by atoms with E-state index in [2.05, 4.69) is 10.3 Å². The fraction of sp³-hybridized carbons (Fsp3) is 0.538. The van der Waals surface area contributed by atoms with Crippen molar-refractivity contribution >= 4 is 21.6 Å². The van der Waals surface area contributed by atoms with Crippen molar-refractivity contribution in [2.24, 2.45) is 0 Å². The molecule has 1 atom stereocenters. The van der Waals surface area contributed by atoms with Crippen molar-refractivity contribution in [3.8, 4) is 0 Å². The molecule has 0 saturated carbocycles. The second-order valence-electron chi connectivity index (χ2n) is 5.29. The van der Waals surface area contributed by atoms with Crippen LogP contribution in [0.5, 0.6) is 0 Å². The Hall–Kier alpha value is -1.63. The van der Waals surface area contributed by atoms with Crippen molar-refractivity contribution in [2.75, 3.05) is 17.3 Å². The lowest BCUT2D eigenvalue weighted by atomic mass is 10.1. The van der Waals surface area contributed by atoms with Crippen molar-refractivity contribution in [2.45, 2.75) is 32.2 Å². The number of nitrogens with one attached hydrogen (secondary N) is 1. The highest BCUT2D eigenvalue weighted by Crippen LogP contribution is 2.25. The van der Waals surface area contributed by atoms with E-state index in [1.807, 2.05) is 0 Å². The highest BCUT2D eigenvalue weighted by atomic mass is 32.2. The Morgan fingerprint density at radius 3 is 2.80 bits per heavy atom. The van der Waals surface area contributed by atoms with Crippen LogP contribution in [0.1, 0.15) is 35.0 Å². The third kappa shape index (κ3) is 3.47. The first kappa shape index (κ1) is 14.8. The number of hydrogen-bond acceptors (Lipinski definition) is 5. The van der Waals surface area contributed by atoms with Crippen molar-refractivity contribution in [3.05, 3.63) is 22.9 Å². The SMILES string of the molecule is CC(CS(C)(=O)=O)Nc1nc2c(cc1C(=O)O)CCC2. The number of fused-ring (bicyclic) bond motifs is 1. The van der Waals surface area contributed by atoms with E-state index in [1.165, 1.54) is 0 Å². The van der Waals surface area contributed by atoms with E-state index in [-0.39, 0.29) is 17.1 Å². The lowest BCUT2D eigenvalue weighted by molar-refractivity contribution is 0.0697. The number of aromatic nitrogens is 1. The highest BCUT2D eigenvalue weighted by molar-refractivity contribution is 7.90. The summed E-state index contributed by atoms with van der Waals surface area (Å²) in [5.41, 5.74) is 1.98. The van der Waals surface area contributed by atoms with Crippen LogP contribution in [0.4, 0.5) is 5.82 Å². The van der Waals surface area contributed by atoms with Gasteiger partial charge in [0.2, 0.25) is 0 Å². The largest absolute Gasteiger partial charge is 0.478 e. The zero-order chi connectivity index (χ0) is 14.9. The molecule has 0 aromatic carbocycles. The summed E-state index contributed by atoms with van der Waals surface area (Å²) in [6, 6.07) is 1.25. The van der Waals surface area contributed by atoms with Crippen LogP contribution >= 0.6 is 0 Å². The number of carboxylic acid groups (broad SMARTS) is 1. The number of carboxylic acids is 1. The number of nitrogens with zero attached hydrogens (tertiary/aromatic N) is 1. The van der Waals surface area contributed by atoms with Gasteiger partial charge in [-0.3, -0.25) is 0 Å². The number of rotatable bonds is 5. The summed E-state index contributed by atoms with van der Waals surface area (Å²) in [6.45, 7) is 1.70. The minimum atomic E-state index is -3.13. The van der Waals surface area contributed by atoms with Gasteiger partial charge in [0.15, 0.2) is 0 Å². The third-order valence-corrected chi connectivity index (χ3v) is 4.32. The Morgan fingerprint density at radius 2 is 2.20 bits per heavy atom. The molecule has 1 unspecified atom stereocenters. The molecule has 0 spiro atoms. The molecule has 0 aliphatic heterocycles. The Labute approximate surface area is 118 Å². The van der Waals surface area contributed by atoms with E-state index in [9.17, 15) is 18.3 Å². The van der Waals surface area contributed by atoms with Gasteiger partial charge in [-0.15, -0.1) is 0 Å². The normalized spacial score (nSPS) is 15.7. The standard InChI is InChI=1S/C13H18N2O4S/c1-8(7-20(2,18)19)14-12-10(13(16)17)6-9-4-3-5-11(9)15-12/h6,8H,3-5,7H2,1-2H3,(H,14,15)(H,16,17). The monoisotopic (exact) mass is 298 g/mol. The second kappa shape index (κ2) is 5.40. The Morgan fingerprint density at radius 1 is 1.50 bits per heavy atom. The van der Waals surface area contributed by atoms with Crippen LogP contribution in [-0.4, -0.2) is 42.5 Å². The van der Waals surface area contributed by atoms with Crippen LogP contribution in [0.3, 0.4) is 0 Å². The highest BCUT2D eigenvalue weighted by Gasteiger charge is 2.21. The van der Waals surface area contributed by atoms with Gasteiger partial charge in [-0.2, -0.15) is 0 Å². The smallest absolute Gasteiger partial charge is 0.339 e. The van der Waals surface area contributed by atoms with E-state index in [0.29, 0.717) is 0 Å². The molecule has 0 radical (unpaired) electrons. The number of aryl methyl sites for hydroxylation is 2. The fourth-order valence-corrected chi connectivity index (χ4v) is 3.47. The molecule has 1 aromatic heterocycles. The molecule has 0 amide bonds. The van der Waals surface area contributed by atoms with Gasteiger partial charge in [-0.1, -0.05) is 0 Å². The first-order valence-electron chi connectivity index (χ1n) is 6.46. The molecule has 1 aromatic rings. The van der Waals surface area contributed by atoms with Crippen LogP contribution in [0.2, 0.25) is 0 Å². The number of hydrogen-bond donors (Lipinski definition) is 2. The van der Waals surface area contributed by atoms with Gasteiger partial charge < -0.3 is 10.4 Å². The summed E-state index contributed by atoms with van der Waals surface area (Å²) >= 11 is 0. The lowest BCUT2D eigenvalue weighted by Gasteiger charge is -2.16. The molecular weight excluding hydrogens is 280 g/mol. The average Bonchev–Trinajstić information content (AvgIpc) is 2.71. The summed E-state index contributed by atoms with van der Waals surface area (Å²) in [6.07, 6.45) is 3.81. The molecule has 6 nitrogen and oxygen atoms in total. The van der Waals surface area contributed by atoms with E-state index in [1.54, 1.807) is 13.0 Å². The topological polar surface area (TPSA) is 96.4 Å². The minimum absolute atomic E-state index is 0.0647. The van der Waals surface area contributed by atoms with Crippen molar-refractivity contribution < 1.29 is 18.3 Å². The summed E-state index contributed by atoms with van der Waals surface area (Å²) in [5.74, 6) is -0.860. The fourth-order valence-electron chi connectivity index (χ4n) is 2.47. The molecule has 2 rings (SSSR count). The summed E-state index contributed by atoms with van der Waals surface area (Å²) < 4.78 is 22.5.